The van der Waals surface area contributed by atoms with Crippen molar-refractivity contribution in [2.24, 2.45) is 7.05 Å². The number of nitrogens with one attached hydrogen (secondary N) is 1. The molecule has 0 saturated carbocycles. The van der Waals surface area contributed by atoms with E-state index in [1.165, 1.54) is 0 Å². The van der Waals surface area contributed by atoms with E-state index in [-0.39, 0.29) is 18.2 Å². The summed E-state index contributed by atoms with van der Waals surface area (Å²) < 4.78 is 3.78. The van der Waals surface area contributed by atoms with Crippen LogP contribution in [0.3, 0.4) is 0 Å². The van der Waals surface area contributed by atoms with Gasteiger partial charge in [0, 0.05) is 49.1 Å². The van der Waals surface area contributed by atoms with Gasteiger partial charge in [0.15, 0.2) is 0 Å². The molecule has 1 atom stereocenters. The highest BCUT2D eigenvalue weighted by Gasteiger charge is 2.39. The first-order valence-corrected chi connectivity index (χ1v) is 11.4. The van der Waals surface area contributed by atoms with Crippen LogP contribution < -0.4 is 5.32 Å². The van der Waals surface area contributed by atoms with Crippen LogP contribution in [0.4, 0.5) is 0 Å². The molecule has 9 heteroatoms. The summed E-state index contributed by atoms with van der Waals surface area (Å²) in [6.45, 7) is 0.328. The van der Waals surface area contributed by atoms with Crippen molar-refractivity contribution in [3.63, 3.8) is 0 Å². The van der Waals surface area contributed by atoms with Gasteiger partial charge in [-0.3, -0.25) is 19.7 Å². The van der Waals surface area contributed by atoms with Gasteiger partial charge in [0.2, 0.25) is 11.8 Å². The number of piperidine rings is 1. The number of carbonyl (C=O) groups is 3. The van der Waals surface area contributed by atoms with Crippen LogP contribution in [0, 0.1) is 0 Å². The molecule has 0 aliphatic carbocycles. The minimum atomic E-state index is -0.630. The fourth-order valence-electron chi connectivity index (χ4n) is 4.90. The van der Waals surface area contributed by atoms with Crippen LogP contribution in [-0.4, -0.2) is 48.0 Å². The number of aromatic nitrogens is 4. The summed E-state index contributed by atoms with van der Waals surface area (Å²) in [6.07, 6.45) is 6.00. The third-order valence-electron chi connectivity index (χ3n) is 6.64. The highest BCUT2D eigenvalue weighted by molar-refractivity contribution is 6.05. The fourth-order valence-corrected chi connectivity index (χ4v) is 4.90. The number of imidazole rings is 1. The van der Waals surface area contributed by atoms with Crippen LogP contribution in [-0.2, 0) is 23.2 Å². The monoisotopic (exact) mass is 466 g/mol. The van der Waals surface area contributed by atoms with E-state index in [4.69, 9.17) is 0 Å². The van der Waals surface area contributed by atoms with Gasteiger partial charge < -0.3 is 9.47 Å². The second-order valence-electron chi connectivity index (χ2n) is 8.82. The predicted octanol–water partition coefficient (Wildman–Crippen LogP) is 2.70. The summed E-state index contributed by atoms with van der Waals surface area (Å²) in [5.74, 6) is -0.886. The lowest BCUT2D eigenvalue weighted by atomic mass is 10.0. The molecule has 35 heavy (non-hydrogen) atoms. The summed E-state index contributed by atoms with van der Waals surface area (Å²) in [7, 11) is 1.95. The van der Waals surface area contributed by atoms with E-state index >= 15 is 0 Å². The average Bonchev–Trinajstić information content (AvgIpc) is 3.59. The Morgan fingerprint density at radius 1 is 1.03 bits per heavy atom. The van der Waals surface area contributed by atoms with E-state index in [1.54, 1.807) is 28.2 Å². The first-order chi connectivity index (χ1) is 17.0. The quantitative estimate of drug-likeness (QED) is 0.466. The highest BCUT2D eigenvalue weighted by Crippen LogP contribution is 2.35. The molecule has 2 aliphatic heterocycles. The van der Waals surface area contributed by atoms with Crippen LogP contribution in [0.5, 0.6) is 0 Å². The summed E-state index contributed by atoms with van der Waals surface area (Å²) in [6, 6.07) is 15.0. The largest absolute Gasteiger partial charge is 0.333 e. The second-order valence-corrected chi connectivity index (χ2v) is 8.82. The maximum absolute atomic E-state index is 13.0. The number of nitrogens with zero attached hydrogens (tertiary/aromatic N) is 5. The van der Waals surface area contributed by atoms with E-state index < -0.39 is 11.9 Å². The lowest BCUT2D eigenvalue weighted by Crippen LogP contribution is -2.52. The second kappa shape index (κ2) is 8.05. The van der Waals surface area contributed by atoms with Gasteiger partial charge in [-0.2, -0.15) is 5.10 Å². The molecule has 0 bridgehead atoms. The molecule has 2 aliphatic rings. The topological polar surface area (TPSA) is 102 Å². The van der Waals surface area contributed by atoms with E-state index in [0.717, 1.165) is 33.8 Å². The molecular weight excluding hydrogens is 444 g/mol. The summed E-state index contributed by atoms with van der Waals surface area (Å²) in [4.78, 5) is 43.1. The molecule has 3 amide bonds. The molecule has 1 saturated heterocycles. The van der Waals surface area contributed by atoms with Gasteiger partial charge in [-0.25, -0.2) is 9.67 Å². The van der Waals surface area contributed by atoms with Crippen molar-refractivity contribution in [1.29, 1.82) is 0 Å². The molecule has 4 aromatic rings. The first-order valence-electron chi connectivity index (χ1n) is 11.4. The SMILES string of the molecule is Cn1cnc(-c2ccc3c(c2)CN(C2CCC(=O)NC2=O)C3=O)c1-c1ccc(-n2cccn2)cc1. The molecule has 0 spiro atoms. The molecule has 1 unspecified atom stereocenters. The van der Waals surface area contributed by atoms with Gasteiger partial charge in [0.05, 0.1) is 23.4 Å². The number of imide groups is 1. The minimum absolute atomic E-state index is 0.184. The Morgan fingerprint density at radius 2 is 1.83 bits per heavy atom. The van der Waals surface area contributed by atoms with Crippen LogP contribution in [0.2, 0.25) is 0 Å². The van der Waals surface area contributed by atoms with Crippen molar-refractivity contribution in [2.45, 2.75) is 25.4 Å². The Bertz CT molecular complexity index is 1470. The smallest absolute Gasteiger partial charge is 0.255 e. The number of hydrogen-bond acceptors (Lipinski definition) is 5. The van der Waals surface area contributed by atoms with Crippen molar-refractivity contribution < 1.29 is 14.4 Å². The number of aryl methyl sites for hydroxylation is 1. The Labute approximate surface area is 201 Å². The molecule has 2 aromatic carbocycles. The maximum Gasteiger partial charge on any atom is 0.255 e. The van der Waals surface area contributed by atoms with Crippen molar-refractivity contribution in [3.8, 4) is 28.2 Å². The van der Waals surface area contributed by atoms with Crippen molar-refractivity contribution in [3.05, 3.63) is 78.4 Å². The third-order valence-corrected chi connectivity index (χ3v) is 6.64. The molecule has 1 fully saturated rings. The fraction of sp³-hybridized carbons (Fsp3) is 0.192. The average molecular weight is 467 g/mol. The lowest BCUT2D eigenvalue weighted by molar-refractivity contribution is -0.136. The molecule has 0 radical (unpaired) electrons. The van der Waals surface area contributed by atoms with Crippen LogP contribution in [0.1, 0.15) is 28.8 Å². The number of fused-ring (bicyclic) bond motifs is 1. The van der Waals surface area contributed by atoms with Crippen LogP contribution in [0.15, 0.2) is 67.3 Å². The van der Waals surface area contributed by atoms with Gasteiger partial charge in [0.25, 0.3) is 5.91 Å². The van der Waals surface area contributed by atoms with Crippen LogP contribution >= 0.6 is 0 Å². The van der Waals surface area contributed by atoms with Gasteiger partial charge in [-0.15, -0.1) is 0 Å². The normalized spacial score (nSPS) is 17.6. The number of carbonyl (C=O) groups excluding carboxylic acids is 3. The molecular formula is C26H22N6O3. The molecule has 1 N–H and O–H groups in total. The van der Waals surface area contributed by atoms with Gasteiger partial charge in [0.1, 0.15) is 6.04 Å². The summed E-state index contributed by atoms with van der Waals surface area (Å²) in [5.41, 5.74) is 6.08. The van der Waals surface area contributed by atoms with Crippen molar-refractivity contribution in [2.75, 3.05) is 0 Å². The Balaban J connectivity index is 1.31. The third kappa shape index (κ3) is 3.52. The standard InChI is InChI=1S/C26H22N6O3/c1-30-15-27-23(24(30)16-3-6-19(7-4-16)32-12-2-11-28-32)17-5-8-20-18(13-17)14-31(26(20)35)21-9-10-22(33)29-25(21)34/h2-8,11-13,15,21H,9-10,14H2,1H3,(H,29,33,34). The van der Waals surface area contributed by atoms with Crippen molar-refractivity contribution >= 4 is 17.7 Å². The Kier molecular flexibility index (Phi) is 4.84. The molecule has 4 heterocycles. The lowest BCUT2D eigenvalue weighted by Gasteiger charge is -2.29. The molecule has 9 nitrogen and oxygen atoms in total. The number of hydrogen-bond donors (Lipinski definition) is 1. The predicted molar refractivity (Wildman–Crippen MR) is 127 cm³/mol. The highest BCUT2D eigenvalue weighted by atomic mass is 16.2. The zero-order chi connectivity index (χ0) is 24.1. The molecule has 2 aromatic heterocycles. The van der Waals surface area contributed by atoms with E-state index in [0.29, 0.717) is 18.5 Å². The Hall–Kier alpha value is -4.53. The number of amides is 3. The number of rotatable bonds is 4. The maximum atomic E-state index is 13.0. The zero-order valence-electron chi connectivity index (χ0n) is 19.0. The van der Waals surface area contributed by atoms with E-state index in [2.05, 4.69) is 15.4 Å². The zero-order valence-corrected chi connectivity index (χ0v) is 19.0. The van der Waals surface area contributed by atoms with E-state index in [9.17, 15) is 14.4 Å². The first kappa shape index (κ1) is 21.0. The summed E-state index contributed by atoms with van der Waals surface area (Å²) >= 11 is 0. The molecule has 6 rings (SSSR count). The van der Waals surface area contributed by atoms with Crippen LogP contribution in [0.25, 0.3) is 28.2 Å². The van der Waals surface area contributed by atoms with Crippen molar-refractivity contribution in [1.82, 2.24) is 29.5 Å². The van der Waals surface area contributed by atoms with Gasteiger partial charge in [-0.05, 0) is 42.3 Å². The van der Waals surface area contributed by atoms with Gasteiger partial charge >= 0.3 is 0 Å². The minimum Gasteiger partial charge on any atom is -0.333 e. The van der Waals surface area contributed by atoms with Gasteiger partial charge in [-0.1, -0.05) is 18.2 Å². The number of benzene rings is 2. The Morgan fingerprint density at radius 3 is 2.57 bits per heavy atom. The molecule has 174 valence electrons. The summed E-state index contributed by atoms with van der Waals surface area (Å²) in [5, 5.41) is 6.62. The van der Waals surface area contributed by atoms with E-state index in [1.807, 2.05) is 60.3 Å².